The number of nitrogens with one attached hydrogen (secondary N) is 1. The highest BCUT2D eigenvalue weighted by Crippen LogP contribution is 2.34. The van der Waals surface area contributed by atoms with E-state index >= 15 is 0 Å². The molecule has 1 N–H and O–H groups in total. The Balaban J connectivity index is 2.16. The molecule has 62 valence electrons. The molecule has 1 nitrogen and oxygen atoms in total. The summed E-state index contributed by atoms with van der Waals surface area (Å²) in [5.74, 6) is 1.82. The first-order chi connectivity index (χ1) is 5.40. The van der Waals surface area contributed by atoms with Crippen molar-refractivity contribution in [1.82, 2.24) is 5.32 Å². The van der Waals surface area contributed by atoms with Crippen LogP contribution < -0.4 is 5.32 Å². The number of allylic oxidation sites excluding steroid dienone is 1. The highest BCUT2D eigenvalue weighted by Gasteiger charge is 2.27. The Morgan fingerprint density at radius 2 is 2.27 bits per heavy atom. The monoisotopic (exact) mass is 151 g/mol. The van der Waals surface area contributed by atoms with Gasteiger partial charge in [0.1, 0.15) is 0 Å². The van der Waals surface area contributed by atoms with Gasteiger partial charge in [0.15, 0.2) is 0 Å². The highest BCUT2D eigenvalue weighted by molar-refractivity contribution is 5.12. The van der Waals surface area contributed by atoms with Gasteiger partial charge in [0.2, 0.25) is 0 Å². The maximum atomic E-state index is 3.53. The fraction of sp³-hybridized carbons (Fsp3) is 0.800. The lowest BCUT2D eigenvalue weighted by Gasteiger charge is -2.25. The van der Waals surface area contributed by atoms with E-state index < -0.39 is 0 Å². The van der Waals surface area contributed by atoms with Crippen molar-refractivity contribution in [2.45, 2.75) is 26.2 Å². The van der Waals surface area contributed by atoms with Crippen LogP contribution in [0.5, 0.6) is 0 Å². The van der Waals surface area contributed by atoms with Gasteiger partial charge in [-0.15, -0.1) is 0 Å². The summed E-state index contributed by atoms with van der Waals surface area (Å²) in [5.41, 5.74) is 1.71. The molecule has 2 bridgehead atoms. The fourth-order valence-electron chi connectivity index (χ4n) is 2.45. The van der Waals surface area contributed by atoms with Crippen molar-refractivity contribution in [1.29, 1.82) is 0 Å². The molecule has 2 atom stereocenters. The molecular formula is C10H17N. The molecule has 0 amide bonds. The fourth-order valence-corrected chi connectivity index (χ4v) is 2.45. The second-order valence-electron chi connectivity index (χ2n) is 3.87. The van der Waals surface area contributed by atoms with Gasteiger partial charge >= 0.3 is 0 Å². The van der Waals surface area contributed by atoms with Crippen molar-refractivity contribution in [3.05, 3.63) is 11.6 Å². The van der Waals surface area contributed by atoms with E-state index in [0.717, 1.165) is 11.8 Å². The lowest BCUT2D eigenvalue weighted by Crippen LogP contribution is -2.19. The maximum absolute atomic E-state index is 3.53. The zero-order valence-corrected chi connectivity index (χ0v) is 7.27. The molecule has 0 aromatic rings. The van der Waals surface area contributed by atoms with Crippen molar-refractivity contribution in [3.8, 4) is 0 Å². The molecule has 0 spiro atoms. The molecule has 2 heterocycles. The minimum absolute atomic E-state index is 0.874. The largest absolute Gasteiger partial charge is 0.316 e. The molecule has 0 aromatic carbocycles. The van der Waals surface area contributed by atoms with Gasteiger partial charge in [-0.05, 0) is 44.6 Å². The summed E-state index contributed by atoms with van der Waals surface area (Å²) in [6.45, 7) is 4.68. The quantitative estimate of drug-likeness (QED) is 0.522. The van der Waals surface area contributed by atoms with Crippen LogP contribution in [0.2, 0.25) is 0 Å². The Morgan fingerprint density at radius 1 is 1.36 bits per heavy atom. The van der Waals surface area contributed by atoms with Crippen LogP contribution in [-0.4, -0.2) is 13.1 Å². The van der Waals surface area contributed by atoms with E-state index in [-0.39, 0.29) is 0 Å². The van der Waals surface area contributed by atoms with Gasteiger partial charge in [0.05, 0.1) is 0 Å². The second-order valence-corrected chi connectivity index (χ2v) is 3.87. The molecule has 3 aliphatic rings. The number of hydrogen-bond donors (Lipinski definition) is 1. The highest BCUT2D eigenvalue weighted by atomic mass is 14.9. The second kappa shape index (κ2) is 2.98. The smallest absolute Gasteiger partial charge is 0.00170 e. The van der Waals surface area contributed by atoms with Crippen LogP contribution in [0.1, 0.15) is 26.2 Å². The summed E-state index contributed by atoms with van der Waals surface area (Å²) >= 11 is 0. The Labute approximate surface area is 68.9 Å². The van der Waals surface area contributed by atoms with Crippen LogP contribution in [0.4, 0.5) is 0 Å². The molecule has 1 saturated carbocycles. The molecule has 2 saturated heterocycles. The lowest BCUT2D eigenvalue weighted by molar-refractivity contribution is 0.404. The molecule has 0 aromatic heterocycles. The van der Waals surface area contributed by atoms with Crippen LogP contribution in [-0.2, 0) is 0 Å². The summed E-state index contributed by atoms with van der Waals surface area (Å²) in [6, 6.07) is 0. The SMILES string of the molecule is C/C=C1\CC2CCC1CNC2. The van der Waals surface area contributed by atoms with E-state index in [9.17, 15) is 0 Å². The minimum Gasteiger partial charge on any atom is -0.316 e. The van der Waals surface area contributed by atoms with E-state index in [1.807, 2.05) is 0 Å². The first kappa shape index (κ1) is 7.35. The summed E-state index contributed by atoms with van der Waals surface area (Å²) in [4.78, 5) is 0. The summed E-state index contributed by atoms with van der Waals surface area (Å²) < 4.78 is 0. The summed E-state index contributed by atoms with van der Waals surface area (Å²) in [5, 5.41) is 3.53. The predicted molar refractivity (Wildman–Crippen MR) is 47.5 cm³/mol. The van der Waals surface area contributed by atoms with E-state index in [1.54, 1.807) is 5.57 Å². The minimum atomic E-state index is 0.874. The standard InChI is InChI=1S/C10H17N/c1-2-9-5-8-3-4-10(9)7-11-6-8/h2,8,10-11H,3-7H2,1H3/b9-2+. The van der Waals surface area contributed by atoms with E-state index in [4.69, 9.17) is 0 Å². The van der Waals surface area contributed by atoms with Crippen LogP contribution >= 0.6 is 0 Å². The van der Waals surface area contributed by atoms with Crippen molar-refractivity contribution in [2.75, 3.05) is 13.1 Å². The zero-order valence-electron chi connectivity index (χ0n) is 7.27. The third kappa shape index (κ3) is 1.34. The van der Waals surface area contributed by atoms with Gasteiger partial charge in [-0.3, -0.25) is 0 Å². The van der Waals surface area contributed by atoms with Crippen LogP contribution in [0.25, 0.3) is 0 Å². The average molecular weight is 151 g/mol. The van der Waals surface area contributed by atoms with Crippen molar-refractivity contribution in [3.63, 3.8) is 0 Å². The number of fused-ring (bicyclic) bond motifs is 4. The van der Waals surface area contributed by atoms with Gasteiger partial charge in [-0.25, -0.2) is 0 Å². The summed E-state index contributed by atoms with van der Waals surface area (Å²) in [7, 11) is 0. The van der Waals surface area contributed by atoms with Gasteiger partial charge in [0.25, 0.3) is 0 Å². The van der Waals surface area contributed by atoms with Crippen LogP contribution in [0, 0.1) is 11.8 Å². The molecule has 1 heteroatoms. The zero-order chi connectivity index (χ0) is 7.68. The topological polar surface area (TPSA) is 12.0 Å². The van der Waals surface area contributed by atoms with Crippen molar-refractivity contribution in [2.24, 2.45) is 11.8 Å². The molecule has 3 fully saturated rings. The Morgan fingerprint density at radius 3 is 3.09 bits per heavy atom. The molecule has 2 unspecified atom stereocenters. The third-order valence-corrected chi connectivity index (χ3v) is 3.17. The number of rotatable bonds is 0. The number of hydrogen-bond acceptors (Lipinski definition) is 1. The lowest BCUT2D eigenvalue weighted by atomic mass is 9.80. The Hall–Kier alpha value is -0.300. The van der Waals surface area contributed by atoms with E-state index in [2.05, 4.69) is 18.3 Å². The van der Waals surface area contributed by atoms with Crippen molar-refractivity contribution >= 4 is 0 Å². The van der Waals surface area contributed by atoms with Gasteiger partial charge in [-0.2, -0.15) is 0 Å². The van der Waals surface area contributed by atoms with Gasteiger partial charge in [0, 0.05) is 6.54 Å². The van der Waals surface area contributed by atoms with E-state index in [0.29, 0.717) is 0 Å². The van der Waals surface area contributed by atoms with Crippen molar-refractivity contribution < 1.29 is 0 Å². The van der Waals surface area contributed by atoms with Gasteiger partial charge < -0.3 is 5.32 Å². The normalized spacial score (nSPS) is 41.0. The molecule has 0 radical (unpaired) electrons. The van der Waals surface area contributed by atoms with Crippen LogP contribution in [0.15, 0.2) is 11.6 Å². The predicted octanol–water partition coefficient (Wildman–Crippen LogP) is 1.95. The maximum Gasteiger partial charge on any atom is 0.00170 e. The Bertz CT molecular complexity index is 168. The summed E-state index contributed by atoms with van der Waals surface area (Å²) in [6.07, 6.45) is 6.59. The molecule has 1 aliphatic carbocycles. The molecule has 11 heavy (non-hydrogen) atoms. The van der Waals surface area contributed by atoms with Crippen LogP contribution in [0.3, 0.4) is 0 Å². The molecular weight excluding hydrogens is 134 g/mol. The first-order valence-corrected chi connectivity index (χ1v) is 4.76. The molecule has 2 aliphatic heterocycles. The van der Waals surface area contributed by atoms with Gasteiger partial charge in [-0.1, -0.05) is 11.6 Å². The van der Waals surface area contributed by atoms with E-state index in [1.165, 1.54) is 32.4 Å². The third-order valence-electron chi connectivity index (χ3n) is 3.17. The first-order valence-electron chi connectivity index (χ1n) is 4.76. The molecule has 3 rings (SSSR count). The Kier molecular flexibility index (Phi) is 1.99. The average Bonchev–Trinajstić information content (AvgIpc) is 2.37.